The van der Waals surface area contributed by atoms with Gasteiger partial charge in [-0.1, -0.05) is 54.6 Å². The van der Waals surface area contributed by atoms with Crippen LogP contribution in [0.5, 0.6) is 0 Å². The first-order valence-electron chi connectivity index (χ1n) is 17.0. The van der Waals surface area contributed by atoms with Crippen molar-refractivity contribution >= 4 is 34.6 Å². The van der Waals surface area contributed by atoms with Crippen LogP contribution in [0.25, 0.3) is 10.8 Å². The minimum atomic E-state index is -1.93. The first-order valence-corrected chi connectivity index (χ1v) is 17.0. The Morgan fingerprint density at radius 1 is 0.745 bits per heavy atom. The molecule has 1 N–H and O–H groups in total. The van der Waals surface area contributed by atoms with Gasteiger partial charge in [0.2, 0.25) is 5.76 Å². The number of carbonyl (C=O) groups excluding carboxylic acids is 4. The highest BCUT2D eigenvalue weighted by Crippen LogP contribution is 2.69. The maximum Gasteiger partial charge on any atom is 0.374 e. The van der Waals surface area contributed by atoms with Crippen molar-refractivity contribution < 1.29 is 52.4 Å². The summed E-state index contributed by atoms with van der Waals surface area (Å²) in [6, 6.07) is 24.0. The zero-order chi connectivity index (χ0) is 36.3. The molecule has 3 aliphatic rings. The Bertz CT molecular complexity index is 1980. The van der Waals surface area contributed by atoms with Crippen molar-refractivity contribution in [2.75, 3.05) is 0 Å². The summed E-state index contributed by atoms with van der Waals surface area (Å²) in [6.07, 6.45) is -3.71. The van der Waals surface area contributed by atoms with Crippen LogP contribution in [0.4, 0.5) is 0 Å². The van der Waals surface area contributed by atoms with E-state index in [0.717, 1.165) is 5.39 Å². The summed E-state index contributed by atoms with van der Waals surface area (Å²) in [6.45, 7) is 8.04. The molecule has 11 heteroatoms. The van der Waals surface area contributed by atoms with Gasteiger partial charge in [-0.25, -0.2) is 14.4 Å². The van der Waals surface area contributed by atoms with Crippen molar-refractivity contribution in [2.24, 2.45) is 11.3 Å². The maximum atomic E-state index is 14.3. The standard InChI is InChI=1S/C40H40O11/c1-23(41)47-33-30(48-34(42)25-14-7-6-8-15-25)22-38(4,45)40-32(50-35(43)27-18-11-16-24-13-9-10-17-26(24)27)28(37(2,3)51-40)21-31(39(33,40)5)49-36(44)29-19-12-20-46-29/h6-20,28,30-33,45H,21-22H2,1-5H3/t28-,30+,31+,32-,33+,38+,39-,40+/m1/s1. The molecule has 7 rings (SSSR count). The van der Waals surface area contributed by atoms with Crippen LogP contribution in [0.3, 0.4) is 0 Å². The molecule has 11 nitrogen and oxygen atoms in total. The molecule has 2 saturated carbocycles. The summed E-state index contributed by atoms with van der Waals surface area (Å²) >= 11 is 0. The second-order valence-corrected chi connectivity index (χ2v) is 14.6. The van der Waals surface area contributed by atoms with E-state index in [1.54, 1.807) is 55.5 Å². The lowest BCUT2D eigenvalue weighted by Crippen LogP contribution is -2.81. The van der Waals surface area contributed by atoms with Gasteiger partial charge in [0.25, 0.3) is 0 Å². The molecule has 4 aromatic rings. The molecule has 8 atom stereocenters. The Hall–Kier alpha value is -5.00. The highest BCUT2D eigenvalue weighted by Gasteiger charge is 2.84. The van der Waals surface area contributed by atoms with Gasteiger partial charge >= 0.3 is 23.9 Å². The second kappa shape index (κ2) is 12.3. The minimum Gasteiger partial charge on any atom is -0.458 e. The molecule has 2 aliphatic carbocycles. The van der Waals surface area contributed by atoms with Gasteiger partial charge in [-0.3, -0.25) is 4.79 Å². The topological polar surface area (TPSA) is 148 Å². The van der Waals surface area contributed by atoms with Crippen molar-refractivity contribution in [3.8, 4) is 0 Å². The third kappa shape index (κ3) is 5.41. The van der Waals surface area contributed by atoms with Crippen LogP contribution in [-0.4, -0.2) is 70.2 Å². The lowest BCUT2D eigenvalue weighted by Gasteiger charge is -2.65. The molecule has 1 saturated heterocycles. The maximum absolute atomic E-state index is 14.3. The van der Waals surface area contributed by atoms with E-state index in [0.29, 0.717) is 10.9 Å². The molecular formula is C40H40O11. The molecule has 3 aromatic carbocycles. The first-order chi connectivity index (χ1) is 24.2. The number of aliphatic hydroxyl groups is 1. The molecule has 1 aliphatic heterocycles. The Labute approximate surface area is 294 Å². The third-order valence-electron chi connectivity index (χ3n) is 11.1. The zero-order valence-electron chi connectivity index (χ0n) is 29.0. The SMILES string of the molecule is CC(=O)O[C@H]1[C@@H](OC(=O)c2ccccc2)C[C@](C)(O)[C@]23OC(C)(C)[C@H](C[C@H](OC(=O)c4ccco4)[C@]12C)[C@H]3OC(=O)c1cccc2ccccc12. The normalized spacial score (nSPS) is 32.0. The number of hydrogen-bond acceptors (Lipinski definition) is 11. The van der Waals surface area contributed by atoms with E-state index in [9.17, 15) is 24.3 Å². The fraction of sp³-hybridized carbons (Fsp3) is 0.400. The van der Waals surface area contributed by atoms with Crippen molar-refractivity contribution in [2.45, 2.75) is 88.7 Å². The van der Waals surface area contributed by atoms with Crippen molar-refractivity contribution in [1.29, 1.82) is 0 Å². The van der Waals surface area contributed by atoms with E-state index in [1.807, 2.05) is 44.2 Å². The summed E-state index contributed by atoms with van der Waals surface area (Å²) < 4.78 is 37.2. The van der Waals surface area contributed by atoms with Gasteiger partial charge in [0, 0.05) is 19.3 Å². The number of fused-ring (bicyclic) bond motifs is 2. The van der Waals surface area contributed by atoms with Crippen molar-refractivity contribution in [1.82, 2.24) is 0 Å². The van der Waals surface area contributed by atoms with Crippen LogP contribution < -0.4 is 0 Å². The Kier molecular flexibility index (Phi) is 8.34. The summed E-state index contributed by atoms with van der Waals surface area (Å²) in [4.78, 5) is 54.3. The number of benzene rings is 3. The molecule has 0 amide bonds. The Morgan fingerprint density at radius 2 is 1.45 bits per heavy atom. The van der Waals surface area contributed by atoms with Crippen LogP contribution in [0.2, 0.25) is 0 Å². The van der Waals surface area contributed by atoms with Crippen LogP contribution >= 0.6 is 0 Å². The molecule has 2 heterocycles. The fourth-order valence-corrected chi connectivity index (χ4v) is 8.92. The summed E-state index contributed by atoms with van der Waals surface area (Å²) in [5.41, 5.74) is -5.97. The van der Waals surface area contributed by atoms with E-state index in [-0.39, 0.29) is 24.2 Å². The molecule has 266 valence electrons. The van der Waals surface area contributed by atoms with Crippen molar-refractivity contribution in [3.63, 3.8) is 0 Å². The van der Waals surface area contributed by atoms with E-state index in [4.69, 9.17) is 28.1 Å². The lowest BCUT2D eigenvalue weighted by atomic mass is 9.47. The van der Waals surface area contributed by atoms with Gasteiger partial charge in [0.05, 0.1) is 34.0 Å². The van der Waals surface area contributed by atoms with E-state index in [1.165, 1.54) is 26.2 Å². The molecule has 0 unspecified atom stereocenters. The van der Waals surface area contributed by atoms with E-state index in [2.05, 4.69) is 0 Å². The Balaban J connectivity index is 1.38. The van der Waals surface area contributed by atoms with Crippen LogP contribution in [0, 0.1) is 11.3 Å². The number of rotatable bonds is 7. The Morgan fingerprint density at radius 3 is 2.16 bits per heavy atom. The monoisotopic (exact) mass is 696 g/mol. The van der Waals surface area contributed by atoms with Gasteiger partial charge < -0.3 is 33.2 Å². The molecule has 51 heavy (non-hydrogen) atoms. The average molecular weight is 697 g/mol. The largest absolute Gasteiger partial charge is 0.458 e. The van der Waals surface area contributed by atoms with Gasteiger partial charge in [0.15, 0.2) is 6.10 Å². The molecule has 2 bridgehead atoms. The summed E-state index contributed by atoms with van der Waals surface area (Å²) in [7, 11) is 0. The van der Waals surface area contributed by atoms with Gasteiger partial charge in [-0.2, -0.15) is 0 Å². The van der Waals surface area contributed by atoms with Crippen LogP contribution in [0.15, 0.2) is 95.6 Å². The first kappa shape index (κ1) is 34.4. The molecule has 1 spiro atoms. The number of esters is 4. The quantitative estimate of drug-likeness (QED) is 0.177. The zero-order valence-corrected chi connectivity index (χ0v) is 29.0. The number of furan rings is 1. The average Bonchev–Trinajstić information content (AvgIpc) is 3.70. The lowest BCUT2D eigenvalue weighted by molar-refractivity contribution is -0.342. The van der Waals surface area contributed by atoms with Gasteiger partial charge in [-0.15, -0.1) is 0 Å². The van der Waals surface area contributed by atoms with E-state index >= 15 is 0 Å². The van der Waals surface area contributed by atoms with Crippen LogP contribution in [0.1, 0.15) is 78.7 Å². The van der Waals surface area contributed by atoms with Gasteiger partial charge in [-0.05, 0) is 75.2 Å². The highest BCUT2D eigenvalue weighted by molar-refractivity contribution is 6.04. The van der Waals surface area contributed by atoms with Gasteiger partial charge in [0.1, 0.15) is 23.9 Å². The number of carbonyl (C=O) groups is 4. The van der Waals surface area contributed by atoms with E-state index < -0.39 is 76.4 Å². The molecular weight excluding hydrogens is 656 g/mol. The third-order valence-corrected chi connectivity index (χ3v) is 11.1. The second-order valence-electron chi connectivity index (χ2n) is 14.6. The predicted octanol–water partition coefficient (Wildman–Crippen LogP) is 6.07. The predicted molar refractivity (Wildman–Crippen MR) is 182 cm³/mol. The summed E-state index contributed by atoms with van der Waals surface area (Å²) in [5, 5.41) is 14.3. The highest BCUT2D eigenvalue weighted by atomic mass is 16.6. The smallest absolute Gasteiger partial charge is 0.374 e. The number of ether oxygens (including phenoxy) is 5. The van der Waals surface area contributed by atoms with Crippen molar-refractivity contribution in [3.05, 3.63) is 108 Å². The van der Waals surface area contributed by atoms with Crippen LogP contribution in [-0.2, 0) is 28.5 Å². The molecule has 3 fully saturated rings. The fourth-order valence-electron chi connectivity index (χ4n) is 8.92. The molecule has 1 aromatic heterocycles. The molecule has 0 radical (unpaired) electrons. The minimum absolute atomic E-state index is 0.0663. The summed E-state index contributed by atoms with van der Waals surface area (Å²) in [5.74, 6) is -3.55. The number of hydrogen-bond donors (Lipinski definition) is 1.